The topological polar surface area (TPSA) is 82.9 Å². The molecule has 2 aliphatic carbocycles. The Morgan fingerprint density at radius 1 is 1.29 bits per heavy atom. The molecule has 2 saturated carbocycles. The van der Waals surface area contributed by atoms with E-state index in [1.54, 1.807) is 6.07 Å². The number of ether oxygens (including phenoxy) is 3. The third kappa shape index (κ3) is 2.56. The molecule has 0 amide bonds. The van der Waals surface area contributed by atoms with Crippen LogP contribution in [0.5, 0.6) is 11.5 Å². The van der Waals surface area contributed by atoms with E-state index in [0.29, 0.717) is 23.8 Å². The molecular weight excluding hydrogens is 312 g/mol. The standard InChI is InChI=1S/C17H24N2O5/c1-4-24-16-10-15(17(16)6-5-7-17)18-11-8-13(22-2)14(23-3)9-12(11)19(20)21/h8-9,15-16,18H,4-7,10H2,1-3H3. The monoisotopic (exact) mass is 336 g/mol. The second-order valence-corrected chi connectivity index (χ2v) is 6.44. The number of nitrogens with zero attached hydrogens (tertiary/aromatic N) is 1. The summed E-state index contributed by atoms with van der Waals surface area (Å²) in [5.41, 5.74) is 0.600. The minimum Gasteiger partial charge on any atom is -0.493 e. The van der Waals surface area contributed by atoms with Crippen molar-refractivity contribution in [1.29, 1.82) is 0 Å². The van der Waals surface area contributed by atoms with Crippen molar-refractivity contribution in [2.24, 2.45) is 5.41 Å². The number of benzene rings is 1. The Bertz CT molecular complexity index is 630. The highest BCUT2D eigenvalue weighted by Crippen LogP contribution is 2.58. The highest BCUT2D eigenvalue weighted by molar-refractivity contribution is 5.69. The first-order valence-corrected chi connectivity index (χ1v) is 8.34. The molecule has 3 rings (SSSR count). The maximum Gasteiger partial charge on any atom is 0.296 e. The molecule has 0 aromatic heterocycles. The number of nitro groups is 1. The van der Waals surface area contributed by atoms with E-state index < -0.39 is 4.92 Å². The van der Waals surface area contributed by atoms with E-state index in [4.69, 9.17) is 14.2 Å². The van der Waals surface area contributed by atoms with Gasteiger partial charge in [-0.2, -0.15) is 0 Å². The summed E-state index contributed by atoms with van der Waals surface area (Å²) in [5, 5.41) is 14.8. The van der Waals surface area contributed by atoms with Gasteiger partial charge in [-0.1, -0.05) is 6.42 Å². The van der Waals surface area contributed by atoms with Crippen LogP contribution in [0.2, 0.25) is 0 Å². The Morgan fingerprint density at radius 2 is 1.96 bits per heavy atom. The van der Waals surface area contributed by atoms with Crippen LogP contribution in [-0.4, -0.2) is 37.9 Å². The highest BCUT2D eigenvalue weighted by atomic mass is 16.6. The molecule has 0 aliphatic heterocycles. The van der Waals surface area contributed by atoms with Crippen molar-refractivity contribution in [1.82, 2.24) is 0 Å². The first kappa shape index (κ1) is 16.8. The molecule has 7 nitrogen and oxygen atoms in total. The van der Waals surface area contributed by atoms with Gasteiger partial charge in [0.2, 0.25) is 0 Å². The average Bonchev–Trinajstić information content (AvgIpc) is 2.51. The lowest BCUT2D eigenvalue weighted by molar-refractivity contribution is -0.384. The molecule has 0 bridgehead atoms. The summed E-state index contributed by atoms with van der Waals surface area (Å²) in [6.07, 6.45) is 4.54. The summed E-state index contributed by atoms with van der Waals surface area (Å²) < 4.78 is 16.3. The predicted octanol–water partition coefficient (Wildman–Crippen LogP) is 3.37. The normalized spacial score (nSPS) is 24.0. The van der Waals surface area contributed by atoms with Crippen LogP contribution >= 0.6 is 0 Å². The lowest BCUT2D eigenvalue weighted by Crippen LogP contribution is -2.64. The molecule has 0 saturated heterocycles. The molecule has 132 valence electrons. The Balaban J connectivity index is 1.86. The third-order valence-electron chi connectivity index (χ3n) is 5.47. The largest absolute Gasteiger partial charge is 0.493 e. The fraction of sp³-hybridized carbons (Fsp3) is 0.647. The first-order chi connectivity index (χ1) is 11.6. The van der Waals surface area contributed by atoms with Gasteiger partial charge >= 0.3 is 0 Å². The Labute approximate surface area is 141 Å². The first-order valence-electron chi connectivity index (χ1n) is 8.34. The number of rotatable bonds is 7. The van der Waals surface area contributed by atoms with Gasteiger partial charge in [0.05, 0.1) is 31.3 Å². The van der Waals surface area contributed by atoms with Gasteiger partial charge in [0, 0.05) is 24.1 Å². The summed E-state index contributed by atoms with van der Waals surface area (Å²) in [6.45, 7) is 2.71. The molecule has 2 unspecified atom stereocenters. The maximum atomic E-state index is 11.4. The maximum absolute atomic E-state index is 11.4. The van der Waals surface area contributed by atoms with Crippen molar-refractivity contribution in [2.45, 2.75) is 44.8 Å². The van der Waals surface area contributed by atoms with Gasteiger partial charge < -0.3 is 19.5 Å². The van der Waals surface area contributed by atoms with Crippen LogP contribution in [0.25, 0.3) is 0 Å². The zero-order valence-electron chi connectivity index (χ0n) is 14.3. The van der Waals surface area contributed by atoms with E-state index >= 15 is 0 Å². The van der Waals surface area contributed by atoms with Gasteiger partial charge in [-0.25, -0.2) is 0 Å². The highest BCUT2D eigenvalue weighted by Gasteiger charge is 2.59. The van der Waals surface area contributed by atoms with Crippen LogP contribution in [0.1, 0.15) is 32.6 Å². The SMILES string of the molecule is CCOC1CC(Nc2cc(OC)c(OC)cc2[N+](=O)[O-])C12CCC2. The molecule has 1 aromatic carbocycles. The van der Waals surface area contributed by atoms with Crippen LogP contribution in [-0.2, 0) is 4.74 Å². The summed E-state index contributed by atoms with van der Waals surface area (Å²) in [7, 11) is 2.99. The number of anilines is 1. The van der Waals surface area contributed by atoms with E-state index in [0.717, 1.165) is 19.3 Å². The predicted molar refractivity (Wildman–Crippen MR) is 89.9 cm³/mol. The molecule has 1 aromatic rings. The number of methoxy groups -OCH3 is 2. The zero-order chi connectivity index (χ0) is 17.3. The van der Waals surface area contributed by atoms with E-state index in [1.807, 2.05) is 6.92 Å². The van der Waals surface area contributed by atoms with E-state index in [1.165, 1.54) is 26.7 Å². The number of nitrogens with one attached hydrogen (secondary N) is 1. The van der Waals surface area contributed by atoms with Crippen molar-refractivity contribution < 1.29 is 19.1 Å². The molecule has 2 atom stereocenters. The summed E-state index contributed by atoms with van der Waals surface area (Å²) in [4.78, 5) is 11.0. The Morgan fingerprint density at radius 3 is 2.46 bits per heavy atom. The van der Waals surface area contributed by atoms with Gasteiger partial charge in [-0.05, 0) is 26.2 Å². The molecular formula is C17H24N2O5. The van der Waals surface area contributed by atoms with Crippen molar-refractivity contribution in [2.75, 3.05) is 26.1 Å². The van der Waals surface area contributed by atoms with Crippen LogP contribution in [0, 0.1) is 15.5 Å². The van der Waals surface area contributed by atoms with Crippen LogP contribution in [0.4, 0.5) is 11.4 Å². The van der Waals surface area contributed by atoms with Crippen molar-refractivity contribution in [3.63, 3.8) is 0 Å². The van der Waals surface area contributed by atoms with E-state index in [2.05, 4.69) is 5.32 Å². The second-order valence-electron chi connectivity index (χ2n) is 6.44. The van der Waals surface area contributed by atoms with Crippen LogP contribution in [0.3, 0.4) is 0 Å². The Hall–Kier alpha value is -2.02. The minimum atomic E-state index is -0.392. The number of hydrogen-bond donors (Lipinski definition) is 1. The van der Waals surface area contributed by atoms with Gasteiger partial charge in [0.25, 0.3) is 5.69 Å². The molecule has 2 aliphatic rings. The summed E-state index contributed by atoms with van der Waals surface area (Å²) in [6, 6.07) is 3.25. The van der Waals surface area contributed by atoms with Gasteiger partial charge in [-0.15, -0.1) is 0 Å². The fourth-order valence-corrected chi connectivity index (χ4v) is 3.96. The number of nitro benzene ring substituents is 1. The molecule has 2 fully saturated rings. The summed E-state index contributed by atoms with van der Waals surface area (Å²) in [5.74, 6) is 0.836. The zero-order valence-corrected chi connectivity index (χ0v) is 14.3. The lowest BCUT2D eigenvalue weighted by atomic mass is 9.51. The van der Waals surface area contributed by atoms with E-state index in [9.17, 15) is 10.1 Å². The van der Waals surface area contributed by atoms with Crippen molar-refractivity contribution in [3.05, 3.63) is 22.2 Å². The fourth-order valence-electron chi connectivity index (χ4n) is 3.96. The smallest absolute Gasteiger partial charge is 0.296 e. The molecule has 7 heteroatoms. The van der Waals surface area contributed by atoms with Crippen LogP contribution in [0.15, 0.2) is 12.1 Å². The van der Waals surface area contributed by atoms with Gasteiger partial charge in [0.1, 0.15) is 5.69 Å². The van der Waals surface area contributed by atoms with Crippen molar-refractivity contribution >= 4 is 11.4 Å². The molecule has 1 N–H and O–H groups in total. The van der Waals surface area contributed by atoms with Crippen LogP contribution < -0.4 is 14.8 Å². The summed E-state index contributed by atoms with van der Waals surface area (Å²) >= 11 is 0. The second kappa shape index (κ2) is 6.47. The lowest BCUT2D eigenvalue weighted by Gasteiger charge is -2.61. The van der Waals surface area contributed by atoms with Crippen molar-refractivity contribution in [3.8, 4) is 11.5 Å². The average molecular weight is 336 g/mol. The van der Waals surface area contributed by atoms with Gasteiger partial charge in [0.15, 0.2) is 11.5 Å². The van der Waals surface area contributed by atoms with Gasteiger partial charge in [-0.3, -0.25) is 10.1 Å². The minimum absolute atomic E-state index is 0.00184. The molecule has 0 radical (unpaired) electrons. The quantitative estimate of drug-likeness (QED) is 0.607. The van der Waals surface area contributed by atoms with E-state index in [-0.39, 0.29) is 23.2 Å². The molecule has 1 spiro atoms. The Kier molecular flexibility index (Phi) is 4.54. The third-order valence-corrected chi connectivity index (χ3v) is 5.47. The molecule has 24 heavy (non-hydrogen) atoms. The number of hydrogen-bond acceptors (Lipinski definition) is 6. The molecule has 0 heterocycles.